The molecule has 0 saturated carbocycles. The summed E-state index contributed by atoms with van der Waals surface area (Å²) in [4.78, 5) is 27.0. The monoisotopic (exact) mass is 423 g/mol. The maximum absolute atomic E-state index is 12.9. The lowest BCUT2D eigenvalue weighted by Crippen LogP contribution is -2.27. The van der Waals surface area contributed by atoms with Crippen LogP contribution in [-0.2, 0) is 17.8 Å². The Balaban J connectivity index is 1.92. The first-order valence-electron chi connectivity index (χ1n) is 9.90. The van der Waals surface area contributed by atoms with E-state index in [1.807, 2.05) is 56.3 Å². The summed E-state index contributed by atoms with van der Waals surface area (Å²) in [6, 6.07) is 13.3. The Bertz CT molecular complexity index is 969. The number of carbonyl (C=O) groups is 2. The fourth-order valence-corrected chi connectivity index (χ4v) is 4.04. The summed E-state index contributed by atoms with van der Waals surface area (Å²) in [5, 5.41) is -0.266. The molecule has 30 heavy (non-hydrogen) atoms. The van der Waals surface area contributed by atoms with Gasteiger partial charge in [0.25, 0.3) is 11.1 Å². The molecule has 2 amide bonds. The molecule has 1 heterocycles. The smallest absolute Gasteiger partial charge is 0.293 e. The van der Waals surface area contributed by atoms with Crippen LogP contribution < -0.4 is 9.47 Å². The summed E-state index contributed by atoms with van der Waals surface area (Å²) in [5.74, 6) is 1.02. The summed E-state index contributed by atoms with van der Waals surface area (Å²) in [5.41, 5.74) is 2.62. The van der Waals surface area contributed by atoms with Crippen LogP contribution in [0.5, 0.6) is 11.5 Å². The Hall–Kier alpha value is -2.99. The third-order valence-corrected chi connectivity index (χ3v) is 5.37. The van der Waals surface area contributed by atoms with Crippen molar-refractivity contribution in [3.63, 3.8) is 0 Å². The molecule has 0 aromatic heterocycles. The van der Waals surface area contributed by atoms with Gasteiger partial charge in [0.2, 0.25) is 0 Å². The second-order valence-corrected chi connectivity index (χ2v) is 7.61. The van der Waals surface area contributed by atoms with Crippen LogP contribution in [0.3, 0.4) is 0 Å². The lowest BCUT2D eigenvalue weighted by molar-refractivity contribution is -0.123. The number of thioether (sulfide) groups is 1. The zero-order chi connectivity index (χ0) is 21.5. The molecule has 0 unspecified atom stereocenters. The highest BCUT2D eigenvalue weighted by Crippen LogP contribution is 2.37. The minimum absolute atomic E-state index is 0.262. The molecule has 156 valence electrons. The Labute approximate surface area is 181 Å². The number of ether oxygens (including phenoxy) is 2. The van der Waals surface area contributed by atoms with Crippen LogP contribution >= 0.6 is 11.8 Å². The standard InChI is InChI=1S/C24H25NO4S/c1-4-10-19-13-18(14-20(28-5-2)22(19)29-6-3)15-21-23(26)25(24(27)30-21)16-17-11-8-7-9-12-17/h4,7-9,11-15H,1,5-6,10,16H2,2-3H3/b21-15-. The largest absolute Gasteiger partial charge is 0.490 e. The molecule has 5 nitrogen and oxygen atoms in total. The molecule has 0 bridgehead atoms. The fourth-order valence-electron chi connectivity index (χ4n) is 3.20. The summed E-state index contributed by atoms with van der Waals surface area (Å²) in [7, 11) is 0. The molecular weight excluding hydrogens is 398 g/mol. The highest BCUT2D eigenvalue weighted by molar-refractivity contribution is 8.18. The van der Waals surface area contributed by atoms with Crippen molar-refractivity contribution < 1.29 is 19.1 Å². The number of amides is 2. The van der Waals surface area contributed by atoms with Gasteiger partial charge in [0.1, 0.15) is 0 Å². The third-order valence-electron chi connectivity index (χ3n) is 4.46. The van der Waals surface area contributed by atoms with Crippen LogP contribution in [-0.4, -0.2) is 29.3 Å². The minimum Gasteiger partial charge on any atom is -0.490 e. The quantitative estimate of drug-likeness (QED) is 0.397. The summed E-state index contributed by atoms with van der Waals surface area (Å²) in [6.07, 6.45) is 4.14. The average Bonchev–Trinajstić information content (AvgIpc) is 2.99. The number of nitrogens with zero attached hydrogens (tertiary/aromatic N) is 1. The Morgan fingerprint density at radius 3 is 2.47 bits per heavy atom. The normalized spacial score (nSPS) is 15.0. The predicted molar refractivity (Wildman–Crippen MR) is 121 cm³/mol. The van der Waals surface area contributed by atoms with Crippen molar-refractivity contribution in [3.05, 3.63) is 76.7 Å². The zero-order valence-electron chi connectivity index (χ0n) is 17.2. The van der Waals surface area contributed by atoms with Crippen molar-refractivity contribution >= 4 is 29.0 Å². The predicted octanol–water partition coefficient (Wildman–Crippen LogP) is 5.45. The molecular formula is C24H25NO4S. The maximum Gasteiger partial charge on any atom is 0.293 e. The second kappa shape index (κ2) is 10.2. The van der Waals surface area contributed by atoms with E-state index in [-0.39, 0.29) is 17.7 Å². The number of benzene rings is 2. The SMILES string of the molecule is C=CCc1cc(/C=C2\SC(=O)N(Cc3ccccc3)C2=O)cc(OCC)c1OCC. The van der Waals surface area contributed by atoms with Gasteiger partial charge in [-0.25, -0.2) is 0 Å². The number of carbonyl (C=O) groups excluding carboxylic acids is 2. The molecule has 1 aliphatic heterocycles. The Kier molecular flexibility index (Phi) is 7.36. The van der Waals surface area contributed by atoms with E-state index in [2.05, 4.69) is 6.58 Å². The van der Waals surface area contributed by atoms with Gasteiger partial charge in [-0.15, -0.1) is 6.58 Å². The molecule has 3 rings (SSSR count). The average molecular weight is 424 g/mol. The summed E-state index contributed by atoms with van der Waals surface area (Å²) < 4.78 is 11.6. The van der Waals surface area contributed by atoms with Gasteiger partial charge in [-0.05, 0) is 61.4 Å². The minimum atomic E-state index is -0.286. The molecule has 0 aliphatic carbocycles. The van der Waals surface area contributed by atoms with Gasteiger partial charge in [-0.3, -0.25) is 14.5 Å². The summed E-state index contributed by atoms with van der Waals surface area (Å²) >= 11 is 0.955. The van der Waals surface area contributed by atoms with Crippen LogP contribution in [0, 0.1) is 0 Å². The first-order valence-corrected chi connectivity index (χ1v) is 10.7. The van der Waals surface area contributed by atoms with Gasteiger partial charge < -0.3 is 9.47 Å². The highest BCUT2D eigenvalue weighted by atomic mass is 32.2. The van der Waals surface area contributed by atoms with Crippen LogP contribution in [0.15, 0.2) is 60.0 Å². The van der Waals surface area contributed by atoms with Gasteiger partial charge in [0.05, 0.1) is 24.7 Å². The Morgan fingerprint density at radius 1 is 1.07 bits per heavy atom. The number of imide groups is 1. The molecule has 0 N–H and O–H groups in total. The van der Waals surface area contributed by atoms with Crippen molar-refractivity contribution in [2.75, 3.05) is 13.2 Å². The summed E-state index contributed by atoms with van der Waals surface area (Å²) in [6.45, 7) is 8.91. The molecule has 0 spiro atoms. The van der Waals surface area contributed by atoms with E-state index >= 15 is 0 Å². The van der Waals surface area contributed by atoms with Crippen LogP contribution in [0.2, 0.25) is 0 Å². The van der Waals surface area contributed by atoms with Crippen molar-refractivity contribution in [2.45, 2.75) is 26.8 Å². The van der Waals surface area contributed by atoms with Crippen LogP contribution in [0.1, 0.15) is 30.5 Å². The molecule has 6 heteroatoms. The molecule has 2 aromatic rings. The number of hydrogen-bond acceptors (Lipinski definition) is 5. The lowest BCUT2D eigenvalue weighted by atomic mass is 10.0. The van der Waals surface area contributed by atoms with Crippen molar-refractivity contribution in [3.8, 4) is 11.5 Å². The number of allylic oxidation sites excluding steroid dienone is 1. The van der Waals surface area contributed by atoms with E-state index < -0.39 is 0 Å². The van der Waals surface area contributed by atoms with Crippen molar-refractivity contribution in [2.24, 2.45) is 0 Å². The highest BCUT2D eigenvalue weighted by Gasteiger charge is 2.35. The van der Waals surface area contributed by atoms with E-state index in [4.69, 9.17) is 9.47 Å². The lowest BCUT2D eigenvalue weighted by Gasteiger charge is -2.16. The molecule has 2 aromatic carbocycles. The molecule has 1 fully saturated rings. The molecule has 1 saturated heterocycles. The number of hydrogen-bond donors (Lipinski definition) is 0. The molecule has 0 radical (unpaired) electrons. The second-order valence-electron chi connectivity index (χ2n) is 6.62. The van der Waals surface area contributed by atoms with Crippen molar-refractivity contribution in [1.82, 2.24) is 4.90 Å². The van der Waals surface area contributed by atoms with Crippen LogP contribution in [0.4, 0.5) is 4.79 Å². The fraction of sp³-hybridized carbons (Fsp3) is 0.250. The van der Waals surface area contributed by atoms with Crippen molar-refractivity contribution in [1.29, 1.82) is 0 Å². The maximum atomic E-state index is 12.9. The van der Waals surface area contributed by atoms with Gasteiger partial charge in [-0.2, -0.15) is 0 Å². The van der Waals surface area contributed by atoms with Gasteiger partial charge in [0, 0.05) is 5.56 Å². The molecule has 1 aliphatic rings. The van der Waals surface area contributed by atoms with E-state index in [0.29, 0.717) is 36.0 Å². The topological polar surface area (TPSA) is 55.8 Å². The first kappa shape index (κ1) is 21.7. The van der Waals surface area contributed by atoms with E-state index in [0.717, 1.165) is 28.5 Å². The van der Waals surface area contributed by atoms with Crippen LogP contribution in [0.25, 0.3) is 6.08 Å². The third kappa shape index (κ3) is 4.94. The molecule has 0 atom stereocenters. The first-order chi connectivity index (χ1) is 14.6. The van der Waals surface area contributed by atoms with E-state index in [1.165, 1.54) is 4.90 Å². The Morgan fingerprint density at radius 2 is 1.80 bits per heavy atom. The number of rotatable bonds is 9. The van der Waals surface area contributed by atoms with Gasteiger partial charge >= 0.3 is 0 Å². The zero-order valence-corrected chi connectivity index (χ0v) is 18.0. The van der Waals surface area contributed by atoms with E-state index in [9.17, 15) is 9.59 Å². The van der Waals surface area contributed by atoms with Gasteiger partial charge in [-0.1, -0.05) is 36.4 Å². The van der Waals surface area contributed by atoms with Gasteiger partial charge in [0.15, 0.2) is 11.5 Å². The van der Waals surface area contributed by atoms with E-state index in [1.54, 1.807) is 12.2 Å².